The average molecular weight is 161 g/mol. The second-order valence-corrected chi connectivity index (χ2v) is 2.84. The second-order valence-electron chi connectivity index (χ2n) is 2.84. The number of aromatic nitrogens is 3. The summed E-state index contributed by atoms with van der Waals surface area (Å²) in [5.74, 6) is 0. The summed E-state index contributed by atoms with van der Waals surface area (Å²) in [6.45, 7) is 5.06. The van der Waals surface area contributed by atoms with Crippen molar-refractivity contribution in [3.05, 3.63) is 24.3 Å². The highest BCUT2D eigenvalue weighted by Crippen LogP contribution is 2.11. The second kappa shape index (κ2) is 2.59. The van der Waals surface area contributed by atoms with Gasteiger partial charge in [0.15, 0.2) is 0 Å². The molecule has 0 fully saturated rings. The van der Waals surface area contributed by atoms with Gasteiger partial charge in [-0.15, -0.1) is 0 Å². The smallest absolute Gasteiger partial charge is 0.107 e. The summed E-state index contributed by atoms with van der Waals surface area (Å²) >= 11 is 0. The van der Waals surface area contributed by atoms with E-state index in [9.17, 15) is 0 Å². The van der Waals surface area contributed by atoms with E-state index in [2.05, 4.69) is 27.5 Å². The molecule has 0 radical (unpaired) electrons. The van der Waals surface area contributed by atoms with Crippen LogP contribution in [-0.4, -0.2) is 14.5 Å². The molecule has 0 spiro atoms. The third kappa shape index (κ3) is 0.978. The van der Waals surface area contributed by atoms with Gasteiger partial charge in [0.05, 0.1) is 18.0 Å². The fraction of sp³-hybridized carbons (Fsp3) is 0.333. The van der Waals surface area contributed by atoms with Gasteiger partial charge in [-0.05, 0) is 19.9 Å². The molecule has 2 aromatic rings. The van der Waals surface area contributed by atoms with Crippen LogP contribution in [0.25, 0.3) is 11.0 Å². The summed E-state index contributed by atoms with van der Waals surface area (Å²) in [5.41, 5.74) is 3.19. The van der Waals surface area contributed by atoms with Crippen molar-refractivity contribution in [1.82, 2.24) is 14.5 Å². The molecule has 0 saturated carbocycles. The SMILES string of the molecule is CCn1cnc2cnc(C)cc21. The molecular formula is C9H11N3. The number of pyridine rings is 1. The van der Waals surface area contributed by atoms with Crippen LogP contribution in [0.4, 0.5) is 0 Å². The van der Waals surface area contributed by atoms with Crippen LogP contribution < -0.4 is 0 Å². The molecule has 0 aromatic carbocycles. The molecule has 62 valence electrons. The Morgan fingerprint density at radius 1 is 1.42 bits per heavy atom. The zero-order valence-corrected chi connectivity index (χ0v) is 7.28. The largest absolute Gasteiger partial charge is 0.331 e. The molecule has 3 nitrogen and oxygen atoms in total. The number of hydrogen-bond donors (Lipinski definition) is 0. The number of hydrogen-bond acceptors (Lipinski definition) is 2. The zero-order chi connectivity index (χ0) is 8.55. The first-order chi connectivity index (χ1) is 5.81. The van der Waals surface area contributed by atoms with E-state index in [-0.39, 0.29) is 0 Å². The predicted molar refractivity (Wildman–Crippen MR) is 47.9 cm³/mol. The van der Waals surface area contributed by atoms with Gasteiger partial charge in [-0.25, -0.2) is 4.98 Å². The Hall–Kier alpha value is -1.38. The fourth-order valence-corrected chi connectivity index (χ4v) is 1.31. The van der Waals surface area contributed by atoms with Crippen molar-refractivity contribution in [2.45, 2.75) is 20.4 Å². The molecule has 0 N–H and O–H groups in total. The van der Waals surface area contributed by atoms with Gasteiger partial charge in [0.1, 0.15) is 5.52 Å². The monoisotopic (exact) mass is 161 g/mol. The molecule has 0 aliphatic rings. The molecular weight excluding hydrogens is 150 g/mol. The Kier molecular flexibility index (Phi) is 1.57. The standard InChI is InChI=1S/C9H11N3/c1-3-12-6-11-8-5-10-7(2)4-9(8)12/h4-6H,3H2,1-2H3. The minimum absolute atomic E-state index is 0.958. The molecule has 0 aliphatic heterocycles. The lowest BCUT2D eigenvalue weighted by molar-refractivity contribution is 0.786. The Balaban J connectivity index is 2.75. The third-order valence-electron chi connectivity index (χ3n) is 1.98. The summed E-state index contributed by atoms with van der Waals surface area (Å²) in [6, 6.07) is 2.06. The minimum atomic E-state index is 0.958. The highest BCUT2D eigenvalue weighted by molar-refractivity contribution is 5.74. The van der Waals surface area contributed by atoms with Crippen molar-refractivity contribution in [3.63, 3.8) is 0 Å². The number of aryl methyl sites for hydroxylation is 2. The lowest BCUT2D eigenvalue weighted by Crippen LogP contribution is -1.91. The van der Waals surface area contributed by atoms with Crippen molar-refractivity contribution in [1.29, 1.82) is 0 Å². The van der Waals surface area contributed by atoms with E-state index in [0.717, 1.165) is 17.8 Å². The molecule has 0 amide bonds. The summed E-state index contributed by atoms with van der Waals surface area (Å²) in [5, 5.41) is 0. The van der Waals surface area contributed by atoms with Crippen molar-refractivity contribution in [2.24, 2.45) is 0 Å². The van der Waals surface area contributed by atoms with Gasteiger partial charge in [-0.1, -0.05) is 0 Å². The van der Waals surface area contributed by atoms with Crippen LogP contribution in [0, 0.1) is 6.92 Å². The molecule has 0 saturated heterocycles. The van der Waals surface area contributed by atoms with Gasteiger partial charge < -0.3 is 4.57 Å². The first kappa shape index (κ1) is 7.28. The Morgan fingerprint density at radius 3 is 3.00 bits per heavy atom. The number of imidazole rings is 1. The highest BCUT2D eigenvalue weighted by atomic mass is 15.0. The maximum absolute atomic E-state index is 4.23. The van der Waals surface area contributed by atoms with E-state index in [1.807, 2.05) is 19.4 Å². The van der Waals surface area contributed by atoms with Crippen LogP contribution in [0.5, 0.6) is 0 Å². The van der Waals surface area contributed by atoms with Crippen molar-refractivity contribution in [2.75, 3.05) is 0 Å². The maximum atomic E-state index is 4.23. The lowest BCUT2D eigenvalue weighted by atomic mass is 10.3. The fourth-order valence-electron chi connectivity index (χ4n) is 1.31. The summed E-state index contributed by atoms with van der Waals surface area (Å²) < 4.78 is 2.12. The lowest BCUT2D eigenvalue weighted by Gasteiger charge is -1.98. The van der Waals surface area contributed by atoms with Gasteiger partial charge in [0.25, 0.3) is 0 Å². The minimum Gasteiger partial charge on any atom is -0.331 e. The molecule has 2 rings (SSSR count). The van der Waals surface area contributed by atoms with Gasteiger partial charge in [-0.3, -0.25) is 4.98 Å². The quantitative estimate of drug-likeness (QED) is 0.638. The molecule has 0 atom stereocenters. The van der Waals surface area contributed by atoms with Gasteiger partial charge in [0, 0.05) is 12.2 Å². The van der Waals surface area contributed by atoms with Crippen molar-refractivity contribution in [3.8, 4) is 0 Å². The molecule has 2 heterocycles. The van der Waals surface area contributed by atoms with E-state index in [4.69, 9.17) is 0 Å². The van der Waals surface area contributed by atoms with Crippen LogP contribution >= 0.6 is 0 Å². The first-order valence-corrected chi connectivity index (χ1v) is 4.08. The molecule has 12 heavy (non-hydrogen) atoms. The van der Waals surface area contributed by atoms with Crippen LogP contribution in [0.15, 0.2) is 18.6 Å². The van der Waals surface area contributed by atoms with E-state index in [0.29, 0.717) is 0 Å². The van der Waals surface area contributed by atoms with E-state index < -0.39 is 0 Å². The number of fused-ring (bicyclic) bond motifs is 1. The van der Waals surface area contributed by atoms with Crippen molar-refractivity contribution < 1.29 is 0 Å². The molecule has 2 aromatic heterocycles. The molecule has 3 heteroatoms. The Bertz CT molecular complexity index is 403. The average Bonchev–Trinajstić information content (AvgIpc) is 2.46. The highest BCUT2D eigenvalue weighted by Gasteiger charge is 2.00. The normalized spacial score (nSPS) is 10.8. The predicted octanol–water partition coefficient (Wildman–Crippen LogP) is 1.76. The van der Waals surface area contributed by atoms with E-state index in [1.54, 1.807) is 0 Å². The maximum Gasteiger partial charge on any atom is 0.107 e. The third-order valence-corrected chi connectivity index (χ3v) is 1.98. The number of nitrogens with zero attached hydrogens (tertiary/aromatic N) is 3. The van der Waals surface area contributed by atoms with Gasteiger partial charge in [0.2, 0.25) is 0 Å². The van der Waals surface area contributed by atoms with Crippen LogP contribution in [0.2, 0.25) is 0 Å². The molecule has 0 aliphatic carbocycles. The van der Waals surface area contributed by atoms with E-state index in [1.165, 1.54) is 5.52 Å². The first-order valence-electron chi connectivity index (χ1n) is 4.08. The summed E-state index contributed by atoms with van der Waals surface area (Å²) in [6.07, 6.45) is 3.67. The number of rotatable bonds is 1. The van der Waals surface area contributed by atoms with Crippen LogP contribution in [0.1, 0.15) is 12.6 Å². The molecule has 0 bridgehead atoms. The van der Waals surface area contributed by atoms with E-state index >= 15 is 0 Å². The van der Waals surface area contributed by atoms with Crippen molar-refractivity contribution >= 4 is 11.0 Å². The van der Waals surface area contributed by atoms with Crippen LogP contribution in [0.3, 0.4) is 0 Å². The van der Waals surface area contributed by atoms with Gasteiger partial charge >= 0.3 is 0 Å². The van der Waals surface area contributed by atoms with Gasteiger partial charge in [-0.2, -0.15) is 0 Å². The zero-order valence-electron chi connectivity index (χ0n) is 7.28. The summed E-state index contributed by atoms with van der Waals surface area (Å²) in [4.78, 5) is 8.41. The Morgan fingerprint density at radius 2 is 2.25 bits per heavy atom. The molecule has 0 unspecified atom stereocenters. The Labute approximate surface area is 71.1 Å². The topological polar surface area (TPSA) is 30.7 Å². The van der Waals surface area contributed by atoms with Crippen LogP contribution in [-0.2, 0) is 6.54 Å². The summed E-state index contributed by atoms with van der Waals surface area (Å²) in [7, 11) is 0.